The van der Waals surface area contributed by atoms with Crippen LogP contribution in [-0.2, 0) is 4.79 Å². The SMILES string of the molecule is CCC1CCC2(CC1)C[N+]21C=NC(C=O)=C1. The molecule has 0 amide bonds. The minimum Gasteiger partial charge on any atom is -0.296 e. The first-order chi connectivity index (χ1) is 7.74. The van der Waals surface area contributed by atoms with Crippen molar-refractivity contribution in [2.24, 2.45) is 10.9 Å². The van der Waals surface area contributed by atoms with Crippen LogP contribution >= 0.6 is 0 Å². The lowest BCUT2D eigenvalue weighted by molar-refractivity contribution is -0.667. The smallest absolute Gasteiger partial charge is 0.196 e. The molecule has 1 aliphatic carbocycles. The van der Waals surface area contributed by atoms with E-state index in [2.05, 4.69) is 18.1 Å². The minimum absolute atomic E-state index is 0.417. The summed E-state index contributed by atoms with van der Waals surface area (Å²) in [6.07, 6.45) is 11.5. The molecule has 1 atom stereocenters. The third kappa shape index (κ3) is 1.24. The Morgan fingerprint density at radius 1 is 1.56 bits per heavy atom. The van der Waals surface area contributed by atoms with E-state index in [0.717, 1.165) is 16.7 Å². The number of quaternary nitrogens is 1. The van der Waals surface area contributed by atoms with Gasteiger partial charge in [0, 0.05) is 12.8 Å². The molecule has 1 saturated carbocycles. The van der Waals surface area contributed by atoms with Gasteiger partial charge < -0.3 is 0 Å². The molecule has 3 rings (SSSR count). The second-order valence-electron chi connectivity index (χ2n) is 5.58. The Morgan fingerprint density at radius 2 is 2.31 bits per heavy atom. The van der Waals surface area contributed by atoms with Crippen molar-refractivity contribution in [3.63, 3.8) is 0 Å². The topological polar surface area (TPSA) is 29.4 Å². The number of allylic oxidation sites excluding steroid dienone is 1. The van der Waals surface area contributed by atoms with Crippen molar-refractivity contribution < 1.29 is 9.28 Å². The van der Waals surface area contributed by atoms with E-state index in [1.165, 1.54) is 38.6 Å². The second kappa shape index (κ2) is 3.27. The Morgan fingerprint density at radius 3 is 2.88 bits per heavy atom. The molecule has 3 nitrogen and oxygen atoms in total. The maximum absolute atomic E-state index is 10.7. The first-order valence-electron chi connectivity index (χ1n) is 6.34. The molecule has 0 aromatic carbocycles. The summed E-state index contributed by atoms with van der Waals surface area (Å²) in [6, 6.07) is 0. The van der Waals surface area contributed by atoms with Gasteiger partial charge in [-0.05, 0) is 18.8 Å². The monoisotopic (exact) mass is 219 g/mol. The molecule has 3 aliphatic rings. The largest absolute Gasteiger partial charge is 0.296 e. The van der Waals surface area contributed by atoms with E-state index in [4.69, 9.17) is 0 Å². The Bertz CT molecular complexity index is 377. The molecule has 0 bridgehead atoms. The van der Waals surface area contributed by atoms with Gasteiger partial charge in [-0.25, -0.2) is 4.48 Å². The van der Waals surface area contributed by atoms with Crippen molar-refractivity contribution in [3.8, 4) is 0 Å². The molecular formula is C13H19N2O+. The highest BCUT2D eigenvalue weighted by Crippen LogP contribution is 2.54. The average molecular weight is 219 g/mol. The molecule has 3 heteroatoms. The molecule has 2 aliphatic heterocycles. The van der Waals surface area contributed by atoms with Crippen LogP contribution < -0.4 is 0 Å². The van der Waals surface area contributed by atoms with E-state index in [0.29, 0.717) is 11.2 Å². The number of hydrogen-bond acceptors (Lipinski definition) is 2. The van der Waals surface area contributed by atoms with Gasteiger partial charge in [-0.3, -0.25) is 4.79 Å². The Kier molecular flexibility index (Phi) is 2.08. The number of fused-ring (bicyclic) bond motifs is 1. The summed E-state index contributed by atoms with van der Waals surface area (Å²) in [7, 11) is 0. The lowest BCUT2D eigenvalue weighted by Crippen LogP contribution is -2.32. The standard InChI is InChI=1S/C13H19N2O/c1-2-11-3-5-13(6-4-11)9-15(13)7-12(8-16)14-10-15/h7-8,10-11H,2-6,9H2,1H3/q+1. The van der Waals surface area contributed by atoms with Gasteiger partial charge in [0.25, 0.3) is 0 Å². The maximum atomic E-state index is 10.7. The number of aliphatic imine (C=N–C) groups is 1. The van der Waals surface area contributed by atoms with Crippen molar-refractivity contribution >= 4 is 12.6 Å². The van der Waals surface area contributed by atoms with Crippen LogP contribution in [0.4, 0.5) is 0 Å². The highest BCUT2D eigenvalue weighted by molar-refractivity contribution is 5.78. The van der Waals surface area contributed by atoms with Crippen LogP contribution in [0.1, 0.15) is 39.0 Å². The highest BCUT2D eigenvalue weighted by atomic mass is 16.1. The van der Waals surface area contributed by atoms with Gasteiger partial charge in [-0.2, -0.15) is 4.99 Å². The van der Waals surface area contributed by atoms with E-state index in [-0.39, 0.29) is 0 Å². The summed E-state index contributed by atoms with van der Waals surface area (Å²) in [5, 5.41) is 0. The Balaban J connectivity index is 1.74. The number of nitrogens with zero attached hydrogens (tertiary/aromatic N) is 2. The summed E-state index contributed by atoms with van der Waals surface area (Å²) in [5.74, 6) is 0.931. The van der Waals surface area contributed by atoms with Crippen LogP contribution in [0.5, 0.6) is 0 Å². The predicted molar refractivity (Wildman–Crippen MR) is 62.7 cm³/mol. The van der Waals surface area contributed by atoms with Gasteiger partial charge >= 0.3 is 0 Å². The second-order valence-corrected chi connectivity index (χ2v) is 5.58. The third-order valence-electron chi connectivity index (χ3n) is 4.85. The molecule has 2 spiro atoms. The van der Waals surface area contributed by atoms with Gasteiger partial charge in [0.2, 0.25) is 0 Å². The molecule has 1 saturated heterocycles. The van der Waals surface area contributed by atoms with E-state index in [1.807, 2.05) is 6.34 Å². The number of carbonyl (C=O) groups is 1. The minimum atomic E-state index is 0.417. The first kappa shape index (κ1) is 10.2. The summed E-state index contributed by atoms with van der Waals surface area (Å²) in [4.78, 5) is 14.9. The average Bonchev–Trinajstić information content (AvgIpc) is 2.72. The van der Waals surface area contributed by atoms with Crippen LogP contribution in [0.3, 0.4) is 0 Å². The van der Waals surface area contributed by atoms with Crippen LogP contribution in [0.15, 0.2) is 16.9 Å². The molecule has 0 aromatic heterocycles. The van der Waals surface area contributed by atoms with Crippen molar-refractivity contribution in [3.05, 3.63) is 11.9 Å². The fourth-order valence-electron chi connectivity index (χ4n) is 3.53. The van der Waals surface area contributed by atoms with E-state index >= 15 is 0 Å². The molecule has 1 unspecified atom stereocenters. The lowest BCUT2D eigenvalue weighted by atomic mass is 9.80. The third-order valence-corrected chi connectivity index (χ3v) is 4.85. The summed E-state index contributed by atoms with van der Waals surface area (Å²) >= 11 is 0. The summed E-state index contributed by atoms with van der Waals surface area (Å²) < 4.78 is 0.873. The van der Waals surface area contributed by atoms with E-state index in [9.17, 15) is 4.79 Å². The number of carbonyl (C=O) groups excluding carboxylic acids is 1. The quantitative estimate of drug-likeness (QED) is 0.398. The molecule has 2 heterocycles. The van der Waals surface area contributed by atoms with Crippen LogP contribution in [0.2, 0.25) is 0 Å². The van der Waals surface area contributed by atoms with Crippen molar-refractivity contribution in [2.75, 3.05) is 6.54 Å². The van der Waals surface area contributed by atoms with Crippen molar-refractivity contribution in [2.45, 2.75) is 44.6 Å². The number of hydrogen-bond donors (Lipinski definition) is 0. The maximum Gasteiger partial charge on any atom is 0.196 e. The van der Waals surface area contributed by atoms with Gasteiger partial charge in [0.05, 0.1) is 0 Å². The Labute approximate surface area is 96.4 Å². The fraction of sp³-hybridized carbons (Fsp3) is 0.692. The zero-order valence-electron chi connectivity index (χ0n) is 9.85. The van der Waals surface area contributed by atoms with Crippen molar-refractivity contribution in [1.29, 1.82) is 0 Å². The zero-order valence-corrected chi connectivity index (χ0v) is 9.85. The van der Waals surface area contributed by atoms with Crippen LogP contribution in [-0.4, -0.2) is 29.2 Å². The number of aldehydes is 1. The molecule has 2 fully saturated rings. The Hall–Kier alpha value is -0.960. The number of rotatable bonds is 2. The van der Waals surface area contributed by atoms with Gasteiger partial charge in [-0.15, -0.1) is 0 Å². The first-order valence-corrected chi connectivity index (χ1v) is 6.34. The molecular weight excluding hydrogens is 200 g/mol. The molecule has 0 aromatic rings. The van der Waals surface area contributed by atoms with E-state index < -0.39 is 0 Å². The highest BCUT2D eigenvalue weighted by Gasteiger charge is 2.69. The molecule has 16 heavy (non-hydrogen) atoms. The predicted octanol–water partition coefficient (Wildman–Crippen LogP) is 2.24. The van der Waals surface area contributed by atoms with Crippen molar-refractivity contribution in [1.82, 2.24) is 0 Å². The van der Waals surface area contributed by atoms with E-state index in [1.54, 1.807) is 0 Å². The van der Waals surface area contributed by atoms with Gasteiger partial charge in [0.1, 0.15) is 12.7 Å². The zero-order chi connectivity index (χ0) is 11.2. The van der Waals surface area contributed by atoms with Crippen LogP contribution in [0.25, 0.3) is 0 Å². The molecule has 86 valence electrons. The normalized spacial score (nSPS) is 45.1. The van der Waals surface area contributed by atoms with Crippen LogP contribution in [0, 0.1) is 5.92 Å². The summed E-state index contributed by atoms with van der Waals surface area (Å²) in [5.41, 5.74) is 1.04. The van der Waals surface area contributed by atoms with Gasteiger partial charge in [0.15, 0.2) is 23.9 Å². The van der Waals surface area contributed by atoms with Gasteiger partial charge in [-0.1, -0.05) is 13.3 Å². The lowest BCUT2D eigenvalue weighted by Gasteiger charge is -2.27. The fourth-order valence-corrected chi connectivity index (χ4v) is 3.53. The summed E-state index contributed by atoms with van der Waals surface area (Å²) in [6.45, 7) is 3.46. The molecule has 0 radical (unpaired) electrons. The molecule has 0 N–H and O–H groups in total.